The zero-order chi connectivity index (χ0) is 15.0. The SMILES string of the molecule is NCCCC[C@H](N)C(=O)O.O=c1[nH]cnc2nc[nH]c12. The van der Waals surface area contributed by atoms with Gasteiger partial charge < -0.3 is 26.5 Å². The zero-order valence-electron chi connectivity index (χ0n) is 10.9. The smallest absolute Gasteiger partial charge is 0.320 e. The molecular formula is C11H18N6O3. The number of nitrogens with one attached hydrogen (secondary N) is 2. The predicted molar refractivity (Wildman–Crippen MR) is 73.0 cm³/mol. The maximum absolute atomic E-state index is 10.9. The van der Waals surface area contributed by atoms with Gasteiger partial charge in [0.15, 0.2) is 11.2 Å². The number of carbonyl (C=O) groups is 1. The van der Waals surface area contributed by atoms with E-state index in [1.807, 2.05) is 0 Å². The minimum Gasteiger partial charge on any atom is -0.480 e. The van der Waals surface area contributed by atoms with Crippen molar-refractivity contribution in [2.24, 2.45) is 11.5 Å². The monoisotopic (exact) mass is 282 g/mol. The second-order valence-corrected chi connectivity index (χ2v) is 4.06. The molecule has 0 radical (unpaired) electrons. The fourth-order valence-corrected chi connectivity index (χ4v) is 1.41. The van der Waals surface area contributed by atoms with Crippen molar-refractivity contribution in [2.45, 2.75) is 25.3 Å². The number of rotatable bonds is 5. The van der Waals surface area contributed by atoms with Crippen molar-refractivity contribution in [3.05, 3.63) is 23.0 Å². The number of aromatic nitrogens is 4. The molecule has 0 unspecified atom stereocenters. The first kappa shape index (κ1) is 15.8. The first-order valence-electron chi connectivity index (χ1n) is 6.11. The lowest BCUT2D eigenvalue weighted by Gasteiger charge is -2.03. The molecule has 0 aliphatic heterocycles. The lowest BCUT2D eigenvalue weighted by molar-refractivity contribution is -0.138. The quantitative estimate of drug-likeness (QED) is 0.447. The van der Waals surface area contributed by atoms with Crippen LogP contribution in [-0.4, -0.2) is 43.6 Å². The van der Waals surface area contributed by atoms with Gasteiger partial charge in [0.2, 0.25) is 0 Å². The molecule has 0 bridgehead atoms. The lowest BCUT2D eigenvalue weighted by atomic mass is 10.1. The van der Waals surface area contributed by atoms with Crippen molar-refractivity contribution in [2.75, 3.05) is 6.54 Å². The number of imidazole rings is 1. The molecule has 0 saturated carbocycles. The molecule has 0 fully saturated rings. The molecular weight excluding hydrogens is 264 g/mol. The number of hydrogen-bond acceptors (Lipinski definition) is 6. The van der Waals surface area contributed by atoms with E-state index in [0.717, 1.165) is 12.8 Å². The molecule has 9 nitrogen and oxygen atoms in total. The third-order valence-electron chi connectivity index (χ3n) is 2.52. The van der Waals surface area contributed by atoms with E-state index in [2.05, 4.69) is 19.9 Å². The number of carboxylic acids is 1. The molecule has 0 amide bonds. The van der Waals surface area contributed by atoms with Gasteiger partial charge >= 0.3 is 5.97 Å². The highest BCUT2D eigenvalue weighted by Gasteiger charge is 2.09. The van der Waals surface area contributed by atoms with Crippen LogP contribution < -0.4 is 17.0 Å². The Hall–Kier alpha value is -2.26. The van der Waals surface area contributed by atoms with Crippen molar-refractivity contribution in [1.29, 1.82) is 0 Å². The number of carboxylic acid groups (broad SMARTS) is 1. The summed E-state index contributed by atoms with van der Waals surface area (Å²) in [4.78, 5) is 33.7. The second kappa shape index (κ2) is 8.02. The Morgan fingerprint density at radius 3 is 2.50 bits per heavy atom. The van der Waals surface area contributed by atoms with Crippen LogP contribution in [0.1, 0.15) is 19.3 Å². The van der Waals surface area contributed by atoms with Gasteiger partial charge in [0, 0.05) is 0 Å². The summed E-state index contributed by atoms with van der Waals surface area (Å²) < 4.78 is 0. The van der Waals surface area contributed by atoms with Crippen LogP contribution in [0.2, 0.25) is 0 Å². The van der Waals surface area contributed by atoms with E-state index in [1.165, 1.54) is 12.7 Å². The van der Waals surface area contributed by atoms with E-state index in [4.69, 9.17) is 16.6 Å². The molecule has 20 heavy (non-hydrogen) atoms. The minimum absolute atomic E-state index is 0.192. The van der Waals surface area contributed by atoms with Gasteiger partial charge in [-0.2, -0.15) is 0 Å². The van der Waals surface area contributed by atoms with Crippen LogP contribution in [0.4, 0.5) is 0 Å². The van der Waals surface area contributed by atoms with Gasteiger partial charge in [-0.15, -0.1) is 0 Å². The van der Waals surface area contributed by atoms with E-state index in [0.29, 0.717) is 24.1 Å². The highest BCUT2D eigenvalue weighted by atomic mass is 16.4. The topological polar surface area (TPSA) is 164 Å². The molecule has 7 N–H and O–H groups in total. The van der Waals surface area contributed by atoms with Gasteiger partial charge in [0.05, 0.1) is 12.7 Å². The maximum atomic E-state index is 10.9. The van der Waals surface area contributed by atoms with Crippen LogP contribution in [0.25, 0.3) is 11.2 Å². The Morgan fingerprint density at radius 2 is 1.95 bits per heavy atom. The standard InChI is InChI=1S/C6H14N2O2.C5H4N4O/c7-4-2-1-3-5(8)6(9)10;10-5-3-4(7-1-6-3)8-2-9-5/h5H,1-4,7-8H2,(H,9,10);1-2H,(H2,6,7,8,9,10)/t5-;/m0./s1. The van der Waals surface area contributed by atoms with Crippen molar-refractivity contribution < 1.29 is 9.90 Å². The number of aliphatic carboxylic acids is 1. The van der Waals surface area contributed by atoms with Crippen LogP contribution in [0, 0.1) is 0 Å². The first-order chi connectivity index (χ1) is 9.56. The number of aromatic amines is 2. The Labute approximate surface area is 114 Å². The molecule has 0 spiro atoms. The largest absolute Gasteiger partial charge is 0.480 e. The molecule has 9 heteroatoms. The van der Waals surface area contributed by atoms with Crippen molar-refractivity contribution in [3.63, 3.8) is 0 Å². The lowest BCUT2D eigenvalue weighted by Crippen LogP contribution is -2.29. The minimum atomic E-state index is -0.933. The Kier molecular flexibility index (Phi) is 6.33. The summed E-state index contributed by atoms with van der Waals surface area (Å²) in [6.07, 6.45) is 4.93. The van der Waals surface area contributed by atoms with E-state index >= 15 is 0 Å². The number of nitrogens with zero attached hydrogens (tertiary/aromatic N) is 2. The molecule has 2 aromatic rings. The molecule has 1 atom stereocenters. The highest BCUT2D eigenvalue weighted by Crippen LogP contribution is 1.97. The molecule has 0 aliphatic rings. The third kappa shape index (κ3) is 4.78. The van der Waals surface area contributed by atoms with E-state index < -0.39 is 12.0 Å². The summed E-state index contributed by atoms with van der Waals surface area (Å²) in [5.74, 6) is -0.933. The summed E-state index contributed by atoms with van der Waals surface area (Å²) >= 11 is 0. The molecule has 2 heterocycles. The molecule has 0 aliphatic carbocycles. The summed E-state index contributed by atoms with van der Waals surface area (Å²) in [7, 11) is 0. The number of hydrogen-bond donors (Lipinski definition) is 5. The molecule has 0 saturated heterocycles. The number of H-pyrrole nitrogens is 2. The Balaban J connectivity index is 0.000000200. The second-order valence-electron chi connectivity index (χ2n) is 4.06. The van der Waals surface area contributed by atoms with Crippen molar-refractivity contribution in [1.82, 2.24) is 19.9 Å². The Morgan fingerprint density at radius 1 is 1.30 bits per heavy atom. The average Bonchev–Trinajstić information content (AvgIpc) is 2.89. The fraction of sp³-hybridized carbons (Fsp3) is 0.455. The van der Waals surface area contributed by atoms with Crippen LogP contribution in [0.5, 0.6) is 0 Å². The highest BCUT2D eigenvalue weighted by molar-refractivity contribution is 5.72. The van der Waals surface area contributed by atoms with E-state index in [1.54, 1.807) is 0 Å². The Bertz CT molecular complexity index is 593. The fourth-order valence-electron chi connectivity index (χ4n) is 1.41. The van der Waals surface area contributed by atoms with Gasteiger partial charge in [-0.25, -0.2) is 9.97 Å². The summed E-state index contributed by atoms with van der Waals surface area (Å²) in [6.45, 7) is 0.604. The summed E-state index contributed by atoms with van der Waals surface area (Å²) in [6, 6.07) is -0.716. The predicted octanol–water partition coefficient (Wildman–Crippen LogP) is -0.826. The van der Waals surface area contributed by atoms with Crippen molar-refractivity contribution >= 4 is 17.1 Å². The summed E-state index contributed by atoms with van der Waals surface area (Å²) in [5.41, 5.74) is 11.1. The maximum Gasteiger partial charge on any atom is 0.320 e. The number of unbranched alkanes of at least 4 members (excludes halogenated alkanes) is 1. The van der Waals surface area contributed by atoms with Crippen LogP contribution in [0.15, 0.2) is 17.4 Å². The first-order valence-corrected chi connectivity index (χ1v) is 6.11. The van der Waals surface area contributed by atoms with Gasteiger partial charge in [-0.3, -0.25) is 9.59 Å². The average molecular weight is 282 g/mol. The zero-order valence-corrected chi connectivity index (χ0v) is 10.9. The van der Waals surface area contributed by atoms with Crippen molar-refractivity contribution in [3.8, 4) is 0 Å². The molecule has 2 aromatic heterocycles. The van der Waals surface area contributed by atoms with Crippen LogP contribution in [0.3, 0.4) is 0 Å². The van der Waals surface area contributed by atoms with Gasteiger partial charge in [-0.1, -0.05) is 6.42 Å². The van der Waals surface area contributed by atoms with E-state index in [-0.39, 0.29) is 5.56 Å². The van der Waals surface area contributed by atoms with Gasteiger partial charge in [0.1, 0.15) is 6.04 Å². The van der Waals surface area contributed by atoms with E-state index in [9.17, 15) is 9.59 Å². The normalized spacial score (nSPS) is 11.7. The molecule has 110 valence electrons. The number of nitrogens with two attached hydrogens (primary N) is 2. The van der Waals surface area contributed by atoms with Gasteiger partial charge in [-0.05, 0) is 19.4 Å². The number of fused-ring (bicyclic) bond motifs is 1. The van der Waals surface area contributed by atoms with Crippen LogP contribution in [-0.2, 0) is 4.79 Å². The van der Waals surface area contributed by atoms with Gasteiger partial charge in [0.25, 0.3) is 5.56 Å². The molecule has 2 rings (SSSR count). The molecule has 0 aromatic carbocycles. The summed E-state index contributed by atoms with van der Waals surface area (Å²) in [5, 5.41) is 8.33. The van der Waals surface area contributed by atoms with Crippen LogP contribution >= 0.6 is 0 Å². The third-order valence-corrected chi connectivity index (χ3v) is 2.52.